The van der Waals surface area contributed by atoms with Crippen LogP contribution in [0.5, 0.6) is 0 Å². The molecule has 5 heteroatoms. The Balaban J connectivity index is 2.31. The fourth-order valence-electron chi connectivity index (χ4n) is 2.00. The topological polar surface area (TPSA) is 56.7 Å². The Bertz CT molecular complexity index is 705. The van der Waals surface area contributed by atoms with Gasteiger partial charge in [0.15, 0.2) is 5.82 Å². The SMILES string of the molecule is NCc1cnc(-n2cc(Br)cn2)c2ccccc12. The monoisotopic (exact) mass is 302 g/mol. The molecule has 0 saturated heterocycles. The van der Waals surface area contributed by atoms with Crippen LogP contribution < -0.4 is 5.73 Å². The van der Waals surface area contributed by atoms with E-state index in [2.05, 4.69) is 32.1 Å². The molecule has 0 radical (unpaired) electrons. The fourth-order valence-corrected chi connectivity index (χ4v) is 2.28. The standard InChI is InChI=1S/C13H11BrN4/c14-10-7-17-18(8-10)13-12-4-2-1-3-11(12)9(5-15)6-16-13/h1-4,6-8H,5,15H2. The Kier molecular flexibility index (Phi) is 2.85. The van der Waals surface area contributed by atoms with Gasteiger partial charge in [0, 0.05) is 24.3 Å². The molecule has 0 bridgehead atoms. The Morgan fingerprint density at radius 3 is 2.61 bits per heavy atom. The van der Waals surface area contributed by atoms with Crippen molar-refractivity contribution in [3.63, 3.8) is 0 Å². The van der Waals surface area contributed by atoms with E-state index in [1.165, 1.54) is 0 Å². The molecule has 0 atom stereocenters. The number of pyridine rings is 1. The third-order valence-electron chi connectivity index (χ3n) is 2.84. The molecule has 3 aromatic rings. The summed E-state index contributed by atoms with van der Waals surface area (Å²) in [6.07, 6.45) is 5.44. The van der Waals surface area contributed by atoms with E-state index in [9.17, 15) is 0 Å². The summed E-state index contributed by atoms with van der Waals surface area (Å²) < 4.78 is 2.68. The van der Waals surface area contributed by atoms with Gasteiger partial charge in [0.05, 0.1) is 10.7 Å². The molecule has 0 saturated carbocycles. The molecule has 0 amide bonds. The first-order chi connectivity index (χ1) is 8.79. The lowest BCUT2D eigenvalue weighted by Crippen LogP contribution is -2.03. The lowest BCUT2D eigenvalue weighted by molar-refractivity contribution is 0.852. The first-order valence-electron chi connectivity index (χ1n) is 5.57. The van der Waals surface area contributed by atoms with Crippen LogP contribution >= 0.6 is 15.9 Å². The Morgan fingerprint density at radius 2 is 1.94 bits per heavy atom. The zero-order valence-corrected chi connectivity index (χ0v) is 11.1. The molecule has 2 aromatic heterocycles. The van der Waals surface area contributed by atoms with Crippen LogP contribution in [0.15, 0.2) is 47.3 Å². The molecule has 0 unspecified atom stereocenters. The number of hydrogen-bond acceptors (Lipinski definition) is 3. The molecule has 0 aliphatic rings. The van der Waals surface area contributed by atoms with Crippen LogP contribution in [0, 0.1) is 0 Å². The minimum absolute atomic E-state index is 0.483. The third kappa shape index (κ3) is 1.81. The summed E-state index contributed by atoms with van der Waals surface area (Å²) in [7, 11) is 0. The average molecular weight is 303 g/mol. The first kappa shape index (κ1) is 11.4. The second-order valence-electron chi connectivity index (χ2n) is 3.96. The number of nitrogens with zero attached hydrogens (tertiary/aromatic N) is 3. The Hall–Kier alpha value is -1.72. The van der Waals surface area contributed by atoms with Crippen molar-refractivity contribution in [3.05, 3.63) is 52.9 Å². The van der Waals surface area contributed by atoms with Crippen LogP contribution in [0.4, 0.5) is 0 Å². The molecule has 2 heterocycles. The lowest BCUT2D eigenvalue weighted by atomic mass is 10.1. The highest BCUT2D eigenvalue weighted by Gasteiger charge is 2.08. The van der Waals surface area contributed by atoms with Crippen LogP contribution in [0.25, 0.3) is 16.6 Å². The summed E-state index contributed by atoms with van der Waals surface area (Å²) in [6, 6.07) is 8.09. The number of rotatable bonds is 2. The van der Waals surface area contributed by atoms with Crippen LogP contribution in [-0.2, 0) is 6.54 Å². The summed E-state index contributed by atoms with van der Waals surface area (Å²) in [4.78, 5) is 4.46. The predicted molar refractivity (Wildman–Crippen MR) is 74.5 cm³/mol. The highest BCUT2D eigenvalue weighted by Crippen LogP contribution is 2.23. The van der Waals surface area contributed by atoms with Gasteiger partial charge in [0.1, 0.15) is 0 Å². The van der Waals surface area contributed by atoms with Crippen molar-refractivity contribution in [1.29, 1.82) is 0 Å². The maximum atomic E-state index is 5.74. The molecular formula is C13H11BrN4. The molecule has 3 rings (SSSR count). The van der Waals surface area contributed by atoms with E-state index in [0.29, 0.717) is 6.54 Å². The van der Waals surface area contributed by atoms with E-state index in [4.69, 9.17) is 5.73 Å². The molecular weight excluding hydrogens is 292 g/mol. The minimum Gasteiger partial charge on any atom is -0.326 e. The fraction of sp³-hybridized carbons (Fsp3) is 0.0769. The molecule has 0 aliphatic heterocycles. The van der Waals surface area contributed by atoms with Gasteiger partial charge in [-0.05, 0) is 26.9 Å². The number of nitrogens with two attached hydrogens (primary N) is 1. The predicted octanol–water partition coefficient (Wildman–Crippen LogP) is 2.64. The molecule has 0 aliphatic carbocycles. The van der Waals surface area contributed by atoms with E-state index in [1.807, 2.05) is 30.6 Å². The summed E-state index contributed by atoms with van der Waals surface area (Å²) in [5.41, 5.74) is 6.78. The highest BCUT2D eigenvalue weighted by atomic mass is 79.9. The zero-order valence-electron chi connectivity index (χ0n) is 9.55. The van der Waals surface area contributed by atoms with E-state index < -0.39 is 0 Å². The Morgan fingerprint density at radius 1 is 1.17 bits per heavy atom. The molecule has 0 spiro atoms. The van der Waals surface area contributed by atoms with Crippen molar-refractivity contribution in [2.45, 2.75) is 6.54 Å². The van der Waals surface area contributed by atoms with Crippen LogP contribution in [-0.4, -0.2) is 14.8 Å². The maximum Gasteiger partial charge on any atom is 0.161 e. The Labute approximate surface area is 113 Å². The number of halogens is 1. The molecule has 2 N–H and O–H groups in total. The van der Waals surface area contributed by atoms with Gasteiger partial charge in [0.25, 0.3) is 0 Å². The average Bonchev–Trinajstić information content (AvgIpc) is 2.84. The van der Waals surface area contributed by atoms with Crippen molar-refractivity contribution >= 4 is 26.7 Å². The maximum absolute atomic E-state index is 5.74. The lowest BCUT2D eigenvalue weighted by Gasteiger charge is -2.08. The second-order valence-corrected chi connectivity index (χ2v) is 4.88. The van der Waals surface area contributed by atoms with E-state index in [-0.39, 0.29) is 0 Å². The first-order valence-corrected chi connectivity index (χ1v) is 6.36. The van der Waals surface area contributed by atoms with Crippen molar-refractivity contribution in [3.8, 4) is 5.82 Å². The highest BCUT2D eigenvalue weighted by molar-refractivity contribution is 9.10. The summed E-state index contributed by atoms with van der Waals surface area (Å²) >= 11 is 3.39. The van der Waals surface area contributed by atoms with Crippen LogP contribution in [0.3, 0.4) is 0 Å². The van der Waals surface area contributed by atoms with Crippen LogP contribution in [0.2, 0.25) is 0 Å². The van der Waals surface area contributed by atoms with Gasteiger partial charge >= 0.3 is 0 Å². The van der Waals surface area contributed by atoms with E-state index in [0.717, 1.165) is 26.6 Å². The van der Waals surface area contributed by atoms with Crippen molar-refractivity contribution in [2.75, 3.05) is 0 Å². The summed E-state index contributed by atoms with van der Waals surface area (Å²) in [6.45, 7) is 0.483. The number of benzene rings is 1. The van der Waals surface area contributed by atoms with E-state index >= 15 is 0 Å². The smallest absolute Gasteiger partial charge is 0.161 e. The van der Waals surface area contributed by atoms with Crippen molar-refractivity contribution in [1.82, 2.24) is 14.8 Å². The van der Waals surface area contributed by atoms with Gasteiger partial charge in [-0.25, -0.2) is 9.67 Å². The van der Waals surface area contributed by atoms with E-state index in [1.54, 1.807) is 10.9 Å². The molecule has 90 valence electrons. The van der Waals surface area contributed by atoms with Gasteiger partial charge < -0.3 is 5.73 Å². The van der Waals surface area contributed by atoms with Gasteiger partial charge in [0.2, 0.25) is 0 Å². The second kappa shape index (κ2) is 4.51. The molecule has 1 aromatic carbocycles. The molecule has 0 fully saturated rings. The number of fused-ring (bicyclic) bond motifs is 1. The normalized spacial score (nSPS) is 11.0. The van der Waals surface area contributed by atoms with Crippen molar-refractivity contribution in [2.24, 2.45) is 5.73 Å². The third-order valence-corrected chi connectivity index (χ3v) is 3.25. The molecule has 18 heavy (non-hydrogen) atoms. The van der Waals surface area contributed by atoms with Crippen LogP contribution in [0.1, 0.15) is 5.56 Å². The van der Waals surface area contributed by atoms with Gasteiger partial charge in [-0.3, -0.25) is 0 Å². The summed E-state index contributed by atoms with van der Waals surface area (Å²) in [5.74, 6) is 0.813. The molecule has 4 nitrogen and oxygen atoms in total. The van der Waals surface area contributed by atoms with Gasteiger partial charge in [-0.15, -0.1) is 0 Å². The quantitative estimate of drug-likeness (QED) is 0.792. The van der Waals surface area contributed by atoms with Gasteiger partial charge in [-0.2, -0.15) is 5.10 Å². The minimum atomic E-state index is 0.483. The zero-order chi connectivity index (χ0) is 12.5. The summed E-state index contributed by atoms with van der Waals surface area (Å²) in [5, 5.41) is 6.44. The number of hydrogen-bond donors (Lipinski definition) is 1. The van der Waals surface area contributed by atoms with Crippen molar-refractivity contribution < 1.29 is 0 Å². The van der Waals surface area contributed by atoms with Gasteiger partial charge in [-0.1, -0.05) is 24.3 Å². The number of aromatic nitrogens is 3. The largest absolute Gasteiger partial charge is 0.326 e.